The summed E-state index contributed by atoms with van der Waals surface area (Å²) in [5.74, 6) is 0.446. The smallest absolute Gasteiger partial charge is 0.234 e. The van der Waals surface area contributed by atoms with E-state index in [4.69, 9.17) is 0 Å². The van der Waals surface area contributed by atoms with Gasteiger partial charge < -0.3 is 5.32 Å². The van der Waals surface area contributed by atoms with Crippen LogP contribution in [0.25, 0.3) is 10.9 Å². The van der Waals surface area contributed by atoms with Crippen LogP contribution in [0.15, 0.2) is 58.0 Å². The maximum Gasteiger partial charge on any atom is 0.234 e. The molecule has 1 amide bonds. The highest BCUT2D eigenvalue weighted by atomic mass is 79.9. The predicted molar refractivity (Wildman–Crippen MR) is 114 cm³/mol. The number of halogens is 1. The molecule has 3 aromatic rings. The number of hydrogen-bond donors (Lipinski definition) is 1. The second kappa shape index (κ2) is 8.55. The quantitative estimate of drug-likeness (QED) is 0.515. The number of amides is 1. The Morgan fingerprint density at radius 1 is 1.26 bits per heavy atom. The van der Waals surface area contributed by atoms with E-state index in [1.165, 1.54) is 17.3 Å². The molecular weight excluding hydrogens is 422 g/mol. The summed E-state index contributed by atoms with van der Waals surface area (Å²) in [7, 11) is 0. The lowest BCUT2D eigenvalue weighted by molar-refractivity contribution is -0.113. The highest BCUT2D eigenvalue weighted by Crippen LogP contribution is 2.27. The molecular formula is C21H18BrN3OS. The number of thioether (sulfide) groups is 1. The van der Waals surface area contributed by atoms with Gasteiger partial charge in [-0.3, -0.25) is 4.79 Å². The molecule has 4 nitrogen and oxygen atoms in total. The minimum Gasteiger partial charge on any atom is -0.324 e. The van der Waals surface area contributed by atoms with Gasteiger partial charge in [-0.15, -0.1) is 0 Å². The van der Waals surface area contributed by atoms with Crippen LogP contribution in [0.4, 0.5) is 5.69 Å². The molecule has 2 aromatic carbocycles. The lowest BCUT2D eigenvalue weighted by atomic mass is 10.0. The third-order valence-electron chi connectivity index (χ3n) is 4.08. The summed E-state index contributed by atoms with van der Waals surface area (Å²) >= 11 is 4.68. The number of para-hydroxylation sites is 1. The molecule has 0 radical (unpaired) electrons. The van der Waals surface area contributed by atoms with Gasteiger partial charge in [-0.05, 0) is 57.7 Å². The van der Waals surface area contributed by atoms with Gasteiger partial charge in [0.2, 0.25) is 5.91 Å². The second-order valence-electron chi connectivity index (χ2n) is 6.38. The Balaban J connectivity index is 1.78. The van der Waals surface area contributed by atoms with Crippen molar-refractivity contribution in [1.82, 2.24) is 4.98 Å². The van der Waals surface area contributed by atoms with Crippen molar-refractivity contribution in [1.29, 1.82) is 5.26 Å². The number of fused-ring (bicyclic) bond motifs is 1. The number of aromatic nitrogens is 1. The standard InChI is InChI=1S/C21H18BrN3OS/c1-13(2)14-7-8-18-15(9-14)10-16(11-23)21(25-18)27-12-20(26)24-19-6-4-3-5-17(19)22/h3-10,13H,12H2,1-2H3,(H,24,26). The monoisotopic (exact) mass is 439 g/mol. The van der Waals surface area contributed by atoms with Crippen molar-refractivity contribution in [2.45, 2.75) is 24.8 Å². The van der Waals surface area contributed by atoms with Crippen LogP contribution in [0.5, 0.6) is 0 Å². The number of nitrogens with one attached hydrogen (secondary N) is 1. The summed E-state index contributed by atoms with van der Waals surface area (Å²) in [6.45, 7) is 4.27. The number of pyridine rings is 1. The maximum absolute atomic E-state index is 12.3. The summed E-state index contributed by atoms with van der Waals surface area (Å²) in [4.78, 5) is 16.9. The maximum atomic E-state index is 12.3. The van der Waals surface area contributed by atoms with E-state index in [-0.39, 0.29) is 11.7 Å². The first-order valence-electron chi connectivity index (χ1n) is 8.50. The summed E-state index contributed by atoms with van der Waals surface area (Å²) in [5, 5.41) is 13.9. The van der Waals surface area contributed by atoms with E-state index in [9.17, 15) is 10.1 Å². The van der Waals surface area contributed by atoms with E-state index >= 15 is 0 Å². The van der Waals surface area contributed by atoms with Crippen molar-refractivity contribution in [3.8, 4) is 6.07 Å². The van der Waals surface area contributed by atoms with E-state index in [0.29, 0.717) is 16.5 Å². The first-order chi connectivity index (χ1) is 13.0. The van der Waals surface area contributed by atoms with Gasteiger partial charge in [-0.1, -0.05) is 43.8 Å². The molecule has 0 spiro atoms. The van der Waals surface area contributed by atoms with Crippen molar-refractivity contribution in [3.63, 3.8) is 0 Å². The van der Waals surface area contributed by atoms with Crippen molar-refractivity contribution in [2.24, 2.45) is 0 Å². The van der Waals surface area contributed by atoms with Gasteiger partial charge >= 0.3 is 0 Å². The number of hydrogen-bond acceptors (Lipinski definition) is 4. The number of nitriles is 1. The third-order valence-corrected chi connectivity index (χ3v) is 5.76. The Labute approximate surface area is 171 Å². The molecule has 0 aliphatic rings. The highest BCUT2D eigenvalue weighted by molar-refractivity contribution is 9.10. The Morgan fingerprint density at radius 2 is 2.04 bits per heavy atom. The molecule has 0 aliphatic carbocycles. The van der Waals surface area contributed by atoms with Gasteiger partial charge in [0, 0.05) is 9.86 Å². The van der Waals surface area contributed by atoms with Gasteiger partial charge in [0.1, 0.15) is 11.1 Å². The molecule has 6 heteroatoms. The molecule has 27 heavy (non-hydrogen) atoms. The van der Waals surface area contributed by atoms with Crippen molar-refractivity contribution in [3.05, 3.63) is 64.1 Å². The van der Waals surface area contributed by atoms with Crippen LogP contribution >= 0.6 is 27.7 Å². The molecule has 136 valence electrons. The molecule has 1 aromatic heterocycles. The van der Waals surface area contributed by atoms with Crippen LogP contribution < -0.4 is 5.32 Å². The fourth-order valence-corrected chi connectivity index (χ4v) is 3.76. The van der Waals surface area contributed by atoms with E-state index in [0.717, 1.165) is 21.1 Å². The zero-order valence-electron chi connectivity index (χ0n) is 15.0. The SMILES string of the molecule is CC(C)c1ccc2nc(SCC(=O)Nc3ccccc3Br)c(C#N)cc2c1. The molecule has 0 bridgehead atoms. The van der Waals surface area contributed by atoms with Gasteiger partial charge in [-0.25, -0.2) is 4.98 Å². The van der Waals surface area contributed by atoms with Crippen LogP contribution in [-0.4, -0.2) is 16.6 Å². The summed E-state index contributed by atoms with van der Waals surface area (Å²) in [6.07, 6.45) is 0. The van der Waals surface area contributed by atoms with Crippen LogP contribution in [0.3, 0.4) is 0 Å². The normalized spacial score (nSPS) is 10.8. The molecule has 0 aliphatic heterocycles. The Bertz CT molecular complexity index is 1040. The van der Waals surface area contributed by atoms with Crippen LogP contribution in [0, 0.1) is 11.3 Å². The highest BCUT2D eigenvalue weighted by Gasteiger charge is 2.12. The van der Waals surface area contributed by atoms with Gasteiger partial charge in [0.05, 0.1) is 22.5 Å². The zero-order valence-corrected chi connectivity index (χ0v) is 17.4. The molecule has 0 unspecified atom stereocenters. The number of nitrogens with zero attached hydrogens (tertiary/aromatic N) is 2. The lowest BCUT2D eigenvalue weighted by Gasteiger charge is -2.10. The number of benzene rings is 2. The van der Waals surface area contributed by atoms with Crippen molar-refractivity contribution >= 4 is 50.2 Å². The Kier molecular flexibility index (Phi) is 6.15. The average Bonchev–Trinajstić information content (AvgIpc) is 2.66. The Hall–Kier alpha value is -2.36. The molecule has 0 saturated heterocycles. The third kappa shape index (κ3) is 4.68. The molecule has 3 rings (SSSR count). The first-order valence-corrected chi connectivity index (χ1v) is 10.3. The fraction of sp³-hybridized carbons (Fsp3) is 0.190. The fourth-order valence-electron chi connectivity index (χ4n) is 2.61. The number of carbonyl (C=O) groups is 1. The second-order valence-corrected chi connectivity index (χ2v) is 8.19. The molecule has 0 fully saturated rings. The predicted octanol–water partition coefficient (Wildman–Crippen LogP) is 5.72. The average molecular weight is 440 g/mol. The van der Waals surface area contributed by atoms with E-state index in [2.05, 4.69) is 58.3 Å². The van der Waals surface area contributed by atoms with Crippen LogP contribution in [0.1, 0.15) is 30.9 Å². The van der Waals surface area contributed by atoms with Crippen LogP contribution in [-0.2, 0) is 4.79 Å². The topological polar surface area (TPSA) is 65.8 Å². The number of anilines is 1. The molecule has 1 N–H and O–H groups in total. The zero-order chi connectivity index (χ0) is 19.4. The van der Waals surface area contributed by atoms with Crippen molar-refractivity contribution < 1.29 is 4.79 Å². The van der Waals surface area contributed by atoms with Gasteiger partial charge in [-0.2, -0.15) is 5.26 Å². The summed E-state index contributed by atoms with van der Waals surface area (Å²) in [5.41, 5.74) is 3.24. The first kappa shape index (κ1) is 19.4. The molecule has 0 saturated carbocycles. The van der Waals surface area contributed by atoms with Crippen LogP contribution in [0.2, 0.25) is 0 Å². The largest absolute Gasteiger partial charge is 0.324 e. The number of rotatable bonds is 5. The summed E-state index contributed by atoms with van der Waals surface area (Å²) < 4.78 is 0.825. The van der Waals surface area contributed by atoms with Gasteiger partial charge in [0.15, 0.2) is 0 Å². The summed E-state index contributed by atoms with van der Waals surface area (Å²) in [6, 6.07) is 17.6. The minimum absolute atomic E-state index is 0.146. The lowest BCUT2D eigenvalue weighted by Crippen LogP contribution is -2.14. The molecule has 1 heterocycles. The van der Waals surface area contributed by atoms with E-state index in [1.807, 2.05) is 36.4 Å². The van der Waals surface area contributed by atoms with Gasteiger partial charge in [0.25, 0.3) is 0 Å². The van der Waals surface area contributed by atoms with E-state index < -0.39 is 0 Å². The minimum atomic E-state index is -0.146. The molecule has 0 atom stereocenters. The Morgan fingerprint density at radius 3 is 2.74 bits per heavy atom. The van der Waals surface area contributed by atoms with Crippen molar-refractivity contribution in [2.75, 3.05) is 11.1 Å². The van der Waals surface area contributed by atoms with E-state index in [1.54, 1.807) is 0 Å². The number of carbonyl (C=O) groups excluding carboxylic acids is 1.